The molecule has 0 aliphatic rings. The first-order chi connectivity index (χ1) is 6.47. The van der Waals surface area contributed by atoms with E-state index in [0.717, 1.165) is 8.66 Å². The van der Waals surface area contributed by atoms with E-state index in [2.05, 4.69) is 27.2 Å². The van der Waals surface area contributed by atoms with Gasteiger partial charge in [-0.05, 0) is 28.9 Å². The average molecular weight is 296 g/mol. The van der Waals surface area contributed by atoms with Gasteiger partial charge in [0.25, 0.3) is 0 Å². The van der Waals surface area contributed by atoms with E-state index in [1.807, 2.05) is 0 Å². The third-order valence-electron chi connectivity index (χ3n) is 1.55. The zero-order valence-electron chi connectivity index (χ0n) is 7.58. The molecule has 1 N–H and O–H groups in total. The Morgan fingerprint density at radius 3 is 2.79 bits per heavy atom. The molecule has 0 aliphatic heterocycles. The van der Waals surface area contributed by atoms with E-state index < -0.39 is 10.0 Å². The van der Waals surface area contributed by atoms with E-state index in [4.69, 9.17) is 0 Å². The zero-order chi connectivity index (χ0) is 10.8. The predicted octanol–water partition coefficient (Wildman–Crippen LogP) is 2.28. The number of hydrogen-bond donors (Lipinski definition) is 1. The monoisotopic (exact) mass is 295 g/mol. The number of halogens is 1. The van der Waals surface area contributed by atoms with Gasteiger partial charge in [0.1, 0.15) is 0 Å². The Balaban J connectivity index is 3.03. The van der Waals surface area contributed by atoms with Crippen molar-refractivity contribution in [2.75, 3.05) is 6.54 Å². The van der Waals surface area contributed by atoms with Gasteiger partial charge in [-0.25, -0.2) is 13.1 Å². The van der Waals surface area contributed by atoms with Crippen LogP contribution >= 0.6 is 27.3 Å². The molecular formula is C8H10BrNO2S2. The van der Waals surface area contributed by atoms with Crippen molar-refractivity contribution in [1.82, 2.24) is 4.72 Å². The summed E-state index contributed by atoms with van der Waals surface area (Å²) in [5, 5.41) is 0. The van der Waals surface area contributed by atoms with Gasteiger partial charge in [0.05, 0.1) is 8.68 Å². The summed E-state index contributed by atoms with van der Waals surface area (Å²) >= 11 is 4.65. The Labute approximate surface area is 96.0 Å². The van der Waals surface area contributed by atoms with Gasteiger partial charge in [-0.15, -0.1) is 17.9 Å². The second kappa shape index (κ2) is 4.57. The van der Waals surface area contributed by atoms with Crippen molar-refractivity contribution in [3.8, 4) is 0 Å². The highest BCUT2D eigenvalue weighted by molar-refractivity contribution is 9.11. The lowest BCUT2D eigenvalue weighted by molar-refractivity contribution is 0.585. The van der Waals surface area contributed by atoms with Crippen LogP contribution in [0.25, 0.3) is 0 Å². The summed E-state index contributed by atoms with van der Waals surface area (Å²) in [4.78, 5) is 1.10. The van der Waals surface area contributed by atoms with Crippen LogP contribution in [-0.4, -0.2) is 15.0 Å². The Morgan fingerprint density at radius 1 is 1.71 bits per heavy atom. The van der Waals surface area contributed by atoms with E-state index in [-0.39, 0.29) is 6.54 Å². The van der Waals surface area contributed by atoms with Crippen LogP contribution in [0.15, 0.2) is 27.4 Å². The molecule has 0 unspecified atom stereocenters. The summed E-state index contributed by atoms with van der Waals surface area (Å²) in [5.41, 5.74) is 0. The van der Waals surface area contributed by atoms with Crippen molar-refractivity contribution in [3.63, 3.8) is 0 Å². The Morgan fingerprint density at radius 2 is 2.36 bits per heavy atom. The van der Waals surface area contributed by atoms with Gasteiger partial charge in [-0.3, -0.25) is 0 Å². The Hall–Kier alpha value is -0.170. The van der Waals surface area contributed by atoms with Crippen LogP contribution in [0.4, 0.5) is 0 Å². The molecule has 0 fully saturated rings. The van der Waals surface area contributed by atoms with E-state index in [1.165, 1.54) is 17.4 Å². The lowest BCUT2D eigenvalue weighted by Crippen LogP contribution is -2.23. The number of hydrogen-bond acceptors (Lipinski definition) is 3. The van der Waals surface area contributed by atoms with E-state index in [0.29, 0.717) is 4.90 Å². The fourth-order valence-corrected chi connectivity index (χ4v) is 4.35. The number of nitrogens with one attached hydrogen (secondary N) is 1. The van der Waals surface area contributed by atoms with Crippen LogP contribution in [0, 0.1) is 6.92 Å². The number of rotatable bonds is 4. The fourth-order valence-electron chi connectivity index (χ4n) is 0.944. The summed E-state index contributed by atoms with van der Waals surface area (Å²) in [6.07, 6.45) is 1.51. The molecule has 6 heteroatoms. The van der Waals surface area contributed by atoms with E-state index in [9.17, 15) is 8.42 Å². The summed E-state index contributed by atoms with van der Waals surface area (Å²) in [6.45, 7) is 5.47. The zero-order valence-corrected chi connectivity index (χ0v) is 10.8. The van der Waals surface area contributed by atoms with Crippen molar-refractivity contribution in [1.29, 1.82) is 0 Å². The third kappa shape index (κ3) is 2.66. The predicted molar refractivity (Wildman–Crippen MR) is 62.1 cm³/mol. The van der Waals surface area contributed by atoms with Gasteiger partial charge in [0, 0.05) is 11.4 Å². The smallest absolute Gasteiger partial charge is 0.207 e. The standard InChI is InChI=1S/C8H10BrNO2S2/c1-3-4-10-14(11,12)7-5-8(9)13-6(7)2/h3,5,10H,1,4H2,2H3. The number of thiophene rings is 1. The molecule has 0 spiro atoms. The van der Waals surface area contributed by atoms with Crippen molar-refractivity contribution < 1.29 is 8.42 Å². The molecule has 1 aromatic rings. The maximum atomic E-state index is 11.7. The topological polar surface area (TPSA) is 46.2 Å². The lowest BCUT2D eigenvalue weighted by Gasteiger charge is -2.02. The minimum atomic E-state index is -3.37. The molecule has 0 bridgehead atoms. The van der Waals surface area contributed by atoms with Crippen LogP contribution in [0.2, 0.25) is 0 Å². The van der Waals surface area contributed by atoms with Crippen molar-refractivity contribution in [3.05, 3.63) is 27.4 Å². The van der Waals surface area contributed by atoms with Crippen molar-refractivity contribution in [2.45, 2.75) is 11.8 Å². The Kier molecular flexibility index (Phi) is 3.88. The van der Waals surface area contributed by atoms with Crippen LogP contribution < -0.4 is 4.72 Å². The van der Waals surface area contributed by atoms with Crippen LogP contribution in [0.3, 0.4) is 0 Å². The highest BCUT2D eigenvalue weighted by Gasteiger charge is 2.18. The van der Waals surface area contributed by atoms with Crippen molar-refractivity contribution >= 4 is 37.3 Å². The van der Waals surface area contributed by atoms with Crippen LogP contribution in [-0.2, 0) is 10.0 Å². The maximum Gasteiger partial charge on any atom is 0.241 e. The summed E-state index contributed by atoms with van der Waals surface area (Å²) in [5.74, 6) is 0. The maximum absolute atomic E-state index is 11.7. The minimum absolute atomic E-state index is 0.245. The van der Waals surface area contributed by atoms with Crippen LogP contribution in [0.1, 0.15) is 4.88 Å². The average Bonchev–Trinajstić information content (AvgIpc) is 2.42. The van der Waals surface area contributed by atoms with Gasteiger partial charge >= 0.3 is 0 Å². The quantitative estimate of drug-likeness (QED) is 0.867. The van der Waals surface area contributed by atoms with Gasteiger partial charge < -0.3 is 0 Å². The molecule has 14 heavy (non-hydrogen) atoms. The van der Waals surface area contributed by atoms with Crippen molar-refractivity contribution in [2.24, 2.45) is 0 Å². The SMILES string of the molecule is C=CCNS(=O)(=O)c1cc(Br)sc1C. The molecule has 0 amide bonds. The molecule has 1 rings (SSSR count). The molecule has 0 saturated carbocycles. The second-order valence-corrected chi connectivity index (χ2v) is 6.98. The molecule has 78 valence electrons. The first-order valence-electron chi connectivity index (χ1n) is 3.84. The first-order valence-corrected chi connectivity index (χ1v) is 6.93. The lowest BCUT2D eigenvalue weighted by atomic mass is 10.5. The molecule has 0 aliphatic carbocycles. The van der Waals surface area contributed by atoms with Gasteiger partial charge in [-0.2, -0.15) is 0 Å². The largest absolute Gasteiger partial charge is 0.241 e. The minimum Gasteiger partial charge on any atom is -0.207 e. The second-order valence-electron chi connectivity index (χ2n) is 2.61. The molecule has 3 nitrogen and oxygen atoms in total. The summed E-state index contributed by atoms with van der Waals surface area (Å²) < 4.78 is 26.5. The number of sulfonamides is 1. The van der Waals surface area contributed by atoms with Gasteiger partial charge in [0.15, 0.2) is 0 Å². The molecule has 0 atom stereocenters. The summed E-state index contributed by atoms with van der Waals surface area (Å²) in [6, 6.07) is 1.60. The van der Waals surface area contributed by atoms with Gasteiger partial charge in [-0.1, -0.05) is 6.08 Å². The van der Waals surface area contributed by atoms with Crippen LogP contribution in [0.5, 0.6) is 0 Å². The fraction of sp³-hybridized carbons (Fsp3) is 0.250. The normalized spacial score (nSPS) is 11.6. The van der Waals surface area contributed by atoms with E-state index in [1.54, 1.807) is 13.0 Å². The molecule has 0 radical (unpaired) electrons. The number of aryl methyl sites for hydroxylation is 1. The molecule has 0 saturated heterocycles. The first kappa shape index (κ1) is 11.9. The molecular weight excluding hydrogens is 286 g/mol. The highest BCUT2D eigenvalue weighted by Crippen LogP contribution is 2.29. The summed E-state index contributed by atoms with van der Waals surface area (Å²) in [7, 11) is -3.37. The molecule has 1 aromatic heterocycles. The third-order valence-corrected chi connectivity index (χ3v) is 4.78. The molecule has 1 heterocycles. The van der Waals surface area contributed by atoms with Gasteiger partial charge in [0.2, 0.25) is 10.0 Å². The molecule has 0 aromatic carbocycles. The highest BCUT2D eigenvalue weighted by atomic mass is 79.9. The Bertz CT molecular complexity index is 436. The van der Waals surface area contributed by atoms with E-state index >= 15 is 0 Å².